The van der Waals surface area contributed by atoms with Gasteiger partial charge in [0.05, 0.1) is 0 Å². The van der Waals surface area contributed by atoms with E-state index in [-0.39, 0.29) is 24.9 Å². The van der Waals surface area contributed by atoms with E-state index in [4.69, 9.17) is 10.5 Å². The Morgan fingerprint density at radius 1 is 1.19 bits per heavy atom. The van der Waals surface area contributed by atoms with Crippen LogP contribution < -0.4 is 10.5 Å². The summed E-state index contributed by atoms with van der Waals surface area (Å²) in [5.74, 6) is 0.0172. The Morgan fingerprint density at radius 3 is 2.52 bits per heavy atom. The standard InChI is InChI=1S/C16H17FN2O2/c1-19(10-12-4-2-3-5-15(12)17)16(20)11-21-14-8-6-13(18)7-9-14/h2-9H,10-11,18H2,1H3. The Balaban J connectivity index is 1.88. The maximum Gasteiger partial charge on any atom is 0.260 e. The quantitative estimate of drug-likeness (QED) is 0.860. The van der Waals surface area contributed by atoms with Gasteiger partial charge in [0.15, 0.2) is 6.61 Å². The van der Waals surface area contributed by atoms with Crippen LogP contribution in [-0.4, -0.2) is 24.5 Å². The lowest BCUT2D eigenvalue weighted by atomic mass is 10.2. The molecule has 2 rings (SSSR count). The third kappa shape index (κ3) is 4.21. The van der Waals surface area contributed by atoms with Gasteiger partial charge < -0.3 is 15.4 Å². The number of carbonyl (C=O) groups is 1. The molecule has 110 valence electrons. The molecule has 0 spiro atoms. The lowest BCUT2D eigenvalue weighted by molar-refractivity contribution is -0.132. The van der Waals surface area contributed by atoms with Crippen LogP contribution in [0, 0.1) is 5.82 Å². The van der Waals surface area contributed by atoms with Crippen molar-refractivity contribution in [3.8, 4) is 5.75 Å². The van der Waals surface area contributed by atoms with Gasteiger partial charge in [-0.25, -0.2) is 4.39 Å². The highest BCUT2D eigenvalue weighted by atomic mass is 19.1. The minimum Gasteiger partial charge on any atom is -0.484 e. The summed E-state index contributed by atoms with van der Waals surface area (Å²) in [5.41, 5.74) is 6.67. The van der Waals surface area contributed by atoms with Crippen molar-refractivity contribution in [3.05, 3.63) is 59.9 Å². The molecule has 0 aliphatic rings. The summed E-state index contributed by atoms with van der Waals surface area (Å²) >= 11 is 0. The van der Waals surface area contributed by atoms with E-state index in [9.17, 15) is 9.18 Å². The number of benzene rings is 2. The second kappa shape index (κ2) is 6.74. The molecule has 4 nitrogen and oxygen atoms in total. The van der Waals surface area contributed by atoms with Crippen molar-refractivity contribution in [3.63, 3.8) is 0 Å². The maximum atomic E-state index is 13.5. The molecule has 0 bridgehead atoms. The van der Waals surface area contributed by atoms with E-state index in [2.05, 4.69) is 0 Å². The highest BCUT2D eigenvalue weighted by molar-refractivity contribution is 5.77. The second-order valence-corrected chi connectivity index (χ2v) is 4.70. The number of nitrogens with two attached hydrogens (primary N) is 1. The van der Waals surface area contributed by atoms with E-state index in [1.807, 2.05) is 0 Å². The van der Waals surface area contributed by atoms with Gasteiger partial charge in [0, 0.05) is 24.8 Å². The van der Waals surface area contributed by atoms with Gasteiger partial charge in [0.1, 0.15) is 11.6 Å². The number of nitrogen functional groups attached to an aromatic ring is 1. The van der Waals surface area contributed by atoms with Gasteiger partial charge in [-0.2, -0.15) is 0 Å². The first-order valence-electron chi connectivity index (χ1n) is 6.52. The lowest BCUT2D eigenvalue weighted by Gasteiger charge is -2.18. The molecule has 0 aliphatic carbocycles. The smallest absolute Gasteiger partial charge is 0.260 e. The van der Waals surface area contributed by atoms with Crippen molar-refractivity contribution < 1.29 is 13.9 Å². The summed E-state index contributed by atoms with van der Waals surface area (Å²) in [6.45, 7) is 0.103. The van der Waals surface area contributed by atoms with Gasteiger partial charge >= 0.3 is 0 Å². The number of likely N-dealkylation sites (N-methyl/N-ethyl adjacent to an activating group) is 1. The third-order valence-corrected chi connectivity index (χ3v) is 3.03. The normalized spacial score (nSPS) is 10.2. The molecule has 0 heterocycles. The van der Waals surface area contributed by atoms with E-state index in [0.717, 1.165) is 0 Å². The zero-order valence-corrected chi connectivity index (χ0v) is 11.8. The number of hydrogen-bond acceptors (Lipinski definition) is 3. The van der Waals surface area contributed by atoms with Gasteiger partial charge in [0.25, 0.3) is 5.91 Å². The SMILES string of the molecule is CN(Cc1ccccc1F)C(=O)COc1ccc(N)cc1. The van der Waals surface area contributed by atoms with Crippen molar-refractivity contribution in [2.75, 3.05) is 19.4 Å². The number of rotatable bonds is 5. The fourth-order valence-electron chi connectivity index (χ4n) is 1.79. The summed E-state index contributed by atoms with van der Waals surface area (Å²) in [6.07, 6.45) is 0. The fourth-order valence-corrected chi connectivity index (χ4v) is 1.79. The van der Waals surface area contributed by atoms with Crippen LogP contribution in [-0.2, 0) is 11.3 Å². The molecule has 0 fully saturated rings. The first-order chi connectivity index (χ1) is 10.1. The van der Waals surface area contributed by atoms with Gasteiger partial charge in [-0.3, -0.25) is 4.79 Å². The van der Waals surface area contributed by atoms with Gasteiger partial charge in [0.2, 0.25) is 0 Å². The van der Waals surface area contributed by atoms with Gasteiger partial charge in [-0.1, -0.05) is 18.2 Å². The van der Waals surface area contributed by atoms with Crippen LogP contribution in [0.1, 0.15) is 5.56 Å². The van der Waals surface area contributed by atoms with Crippen LogP contribution in [0.4, 0.5) is 10.1 Å². The largest absolute Gasteiger partial charge is 0.484 e. The van der Waals surface area contributed by atoms with Crippen molar-refractivity contribution in [1.29, 1.82) is 0 Å². The van der Waals surface area contributed by atoms with Crippen LogP contribution in [0.3, 0.4) is 0 Å². The molecule has 0 atom stereocenters. The maximum absolute atomic E-state index is 13.5. The number of ether oxygens (including phenoxy) is 1. The monoisotopic (exact) mass is 288 g/mol. The van der Waals surface area contributed by atoms with Crippen LogP contribution in [0.5, 0.6) is 5.75 Å². The molecule has 0 aliphatic heterocycles. The summed E-state index contributed by atoms with van der Waals surface area (Å²) < 4.78 is 18.9. The van der Waals surface area contributed by atoms with Crippen molar-refractivity contribution >= 4 is 11.6 Å². The molecule has 0 saturated heterocycles. The average Bonchev–Trinajstić information content (AvgIpc) is 2.48. The highest BCUT2D eigenvalue weighted by Gasteiger charge is 2.12. The predicted molar refractivity (Wildman–Crippen MR) is 79.2 cm³/mol. The van der Waals surface area contributed by atoms with Gasteiger partial charge in [-0.15, -0.1) is 0 Å². The first kappa shape index (κ1) is 14.8. The van der Waals surface area contributed by atoms with Gasteiger partial charge in [-0.05, 0) is 30.3 Å². The molecule has 21 heavy (non-hydrogen) atoms. The number of hydrogen-bond donors (Lipinski definition) is 1. The number of anilines is 1. The molecule has 2 N–H and O–H groups in total. The average molecular weight is 288 g/mol. The molecule has 2 aromatic carbocycles. The molecule has 5 heteroatoms. The Bertz CT molecular complexity index is 614. The predicted octanol–water partition coefficient (Wildman–Crippen LogP) is 2.45. The third-order valence-electron chi connectivity index (χ3n) is 3.03. The van der Waals surface area contributed by atoms with Crippen molar-refractivity contribution in [1.82, 2.24) is 4.90 Å². The summed E-state index contributed by atoms with van der Waals surface area (Å²) in [7, 11) is 1.61. The summed E-state index contributed by atoms with van der Waals surface area (Å²) in [6, 6.07) is 13.2. The van der Waals surface area contributed by atoms with Crippen LogP contribution in [0.2, 0.25) is 0 Å². The van der Waals surface area contributed by atoms with E-state index in [1.165, 1.54) is 11.0 Å². The van der Waals surface area contributed by atoms with E-state index in [0.29, 0.717) is 17.0 Å². The minimum absolute atomic E-state index is 0.102. The minimum atomic E-state index is -0.323. The zero-order chi connectivity index (χ0) is 15.2. The van der Waals surface area contributed by atoms with Crippen LogP contribution >= 0.6 is 0 Å². The van der Waals surface area contributed by atoms with E-state index < -0.39 is 0 Å². The van der Waals surface area contributed by atoms with Crippen LogP contribution in [0.15, 0.2) is 48.5 Å². The Labute approximate surface area is 122 Å². The Hall–Kier alpha value is -2.56. The molecule has 0 unspecified atom stereocenters. The molecular weight excluding hydrogens is 271 g/mol. The summed E-state index contributed by atoms with van der Waals surface area (Å²) in [5, 5.41) is 0. The highest BCUT2D eigenvalue weighted by Crippen LogP contribution is 2.13. The molecule has 0 radical (unpaired) electrons. The van der Waals surface area contributed by atoms with Crippen molar-refractivity contribution in [2.45, 2.75) is 6.54 Å². The number of amides is 1. The topological polar surface area (TPSA) is 55.6 Å². The molecule has 2 aromatic rings. The first-order valence-corrected chi connectivity index (χ1v) is 6.52. The molecule has 1 amide bonds. The van der Waals surface area contributed by atoms with Crippen LogP contribution in [0.25, 0.3) is 0 Å². The summed E-state index contributed by atoms with van der Waals surface area (Å²) in [4.78, 5) is 13.4. The zero-order valence-electron chi connectivity index (χ0n) is 11.8. The number of halogens is 1. The van der Waals surface area contributed by atoms with E-state index in [1.54, 1.807) is 49.5 Å². The Morgan fingerprint density at radius 2 is 1.86 bits per heavy atom. The van der Waals surface area contributed by atoms with E-state index >= 15 is 0 Å². The van der Waals surface area contributed by atoms with Crippen molar-refractivity contribution in [2.24, 2.45) is 0 Å². The number of nitrogens with zero attached hydrogens (tertiary/aromatic N) is 1. The molecule has 0 saturated carbocycles. The number of carbonyl (C=O) groups excluding carboxylic acids is 1. The molecule has 0 aromatic heterocycles. The second-order valence-electron chi connectivity index (χ2n) is 4.70. The molecular formula is C16H17FN2O2. The Kier molecular flexibility index (Phi) is 4.77. The fraction of sp³-hybridized carbons (Fsp3) is 0.188. The lowest BCUT2D eigenvalue weighted by Crippen LogP contribution is -2.31.